The van der Waals surface area contributed by atoms with E-state index in [-0.39, 0.29) is 30.2 Å². The molecule has 4 nitrogen and oxygen atoms in total. The lowest BCUT2D eigenvalue weighted by molar-refractivity contribution is -0.138. The van der Waals surface area contributed by atoms with Crippen molar-refractivity contribution in [2.24, 2.45) is 0 Å². The van der Waals surface area contributed by atoms with Crippen LogP contribution >= 0.6 is 46.6 Å². The Morgan fingerprint density at radius 2 is 1.68 bits per heavy atom. The van der Waals surface area contributed by atoms with Crippen molar-refractivity contribution in [3.63, 3.8) is 0 Å². The van der Waals surface area contributed by atoms with E-state index in [1.54, 1.807) is 30.0 Å². The molecule has 0 aliphatic rings. The van der Waals surface area contributed by atoms with Gasteiger partial charge in [-0.1, -0.05) is 59.9 Å². The van der Waals surface area contributed by atoms with Crippen LogP contribution in [-0.4, -0.2) is 34.6 Å². The number of hydrogen-bond donors (Lipinski definition) is 1. The van der Waals surface area contributed by atoms with Crippen LogP contribution in [0.5, 0.6) is 0 Å². The van der Waals surface area contributed by atoms with Crippen molar-refractivity contribution in [2.75, 3.05) is 5.75 Å². The number of carbonyl (C=O) groups is 2. The number of nitrogens with zero attached hydrogens (tertiary/aromatic N) is 1. The summed E-state index contributed by atoms with van der Waals surface area (Å²) in [6.07, 6.45) is 0.812. The largest absolute Gasteiger partial charge is 0.352 e. The third kappa shape index (κ3) is 8.23. The number of carbonyl (C=O) groups excluding carboxylic acids is 2. The number of thioether (sulfide) groups is 1. The standard InChI is InChI=1S/C23H27Cl3N2O2S/c1-4-15(2)27-23(30)16(3)28(12-18-7-10-20(25)11-21(18)26)22(29)14-31-13-17-5-8-19(24)9-6-17/h5-11,15-16H,4,12-14H2,1-3H3,(H,27,30). The van der Waals surface area contributed by atoms with Gasteiger partial charge in [0.2, 0.25) is 11.8 Å². The van der Waals surface area contributed by atoms with E-state index in [9.17, 15) is 9.59 Å². The van der Waals surface area contributed by atoms with Gasteiger partial charge in [0.05, 0.1) is 5.75 Å². The van der Waals surface area contributed by atoms with Crippen LogP contribution in [0.25, 0.3) is 0 Å². The minimum Gasteiger partial charge on any atom is -0.352 e. The quantitative estimate of drug-likeness (QED) is 0.421. The summed E-state index contributed by atoms with van der Waals surface area (Å²) in [5.74, 6) is 0.605. The van der Waals surface area contributed by atoms with Gasteiger partial charge in [0.25, 0.3) is 0 Å². The van der Waals surface area contributed by atoms with Gasteiger partial charge in [0.1, 0.15) is 6.04 Å². The first-order chi connectivity index (χ1) is 14.7. The zero-order valence-electron chi connectivity index (χ0n) is 17.8. The molecule has 0 aliphatic carbocycles. The molecule has 2 atom stereocenters. The fraction of sp³-hybridized carbons (Fsp3) is 0.391. The van der Waals surface area contributed by atoms with Gasteiger partial charge >= 0.3 is 0 Å². The highest BCUT2D eigenvalue weighted by Gasteiger charge is 2.27. The Labute approximate surface area is 203 Å². The lowest BCUT2D eigenvalue weighted by Gasteiger charge is -2.30. The SMILES string of the molecule is CCC(C)NC(=O)C(C)N(Cc1ccc(Cl)cc1Cl)C(=O)CSCc1ccc(Cl)cc1. The van der Waals surface area contributed by atoms with Crippen LogP contribution in [0.1, 0.15) is 38.3 Å². The summed E-state index contributed by atoms with van der Waals surface area (Å²) in [5, 5.41) is 4.62. The summed E-state index contributed by atoms with van der Waals surface area (Å²) in [7, 11) is 0. The smallest absolute Gasteiger partial charge is 0.242 e. The molecule has 2 aromatic rings. The fourth-order valence-electron chi connectivity index (χ4n) is 2.80. The molecule has 168 valence electrons. The van der Waals surface area contributed by atoms with E-state index in [2.05, 4.69) is 5.32 Å². The molecule has 0 aliphatic heterocycles. The van der Waals surface area contributed by atoms with Gasteiger partial charge in [-0.05, 0) is 55.7 Å². The van der Waals surface area contributed by atoms with Crippen LogP contribution in [0.15, 0.2) is 42.5 Å². The van der Waals surface area contributed by atoms with Crippen molar-refractivity contribution >= 4 is 58.4 Å². The number of benzene rings is 2. The molecule has 2 aromatic carbocycles. The minimum atomic E-state index is -0.635. The van der Waals surface area contributed by atoms with Crippen molar-refractivity contribution < 1.29 is 9.59 Å². The Kier molecular flexibility index (Phi) is 10.5. The summed E-state index contributed by atoms with van der Waals surface area (Å²) in [4.78, 5) is 27.4. The van der Waals surface area contributed by atoms with Gasteiger partial charge in [0.15, 0.2) is 0 Å². The van der Waals surface area contributed by atoms with Crippen molar-refractivity contribution in [2.45, 2.75) is 51.6 Å². The second kappa shape index (κ2) is 12.6. The van der Waals surface area contributed by atoms with Crippen molar-refractivity contribution in [3.05, 3.63) is 68.7 Å². The maximum Gasteiger partial charge on any atom is 0.242 e. The molecule has 2 rings (SSSR count). The summed E-state index contributed by atoms with van der Waals surface area (Å²) in [5.41, 5.74) is 1.82. The van der Waals surface area contributed by atoms with Gasteiger partial charge < -0.3 is 10.2 Å². The Hall–Kier alpha value is -1.40. The summed E-state index contributed by atoms with van der Waals surface area (Å²) in [6.45, 7) is 5.91. The molecule has 0 saturated carbocycles. The van der Waals surface area contributed by atoms with E-state index in [4.69, 9.17) is 34.8 Å². The summed E-state index contributed by atoms with van der Waals surface area (Å²) in [6, 6.07) is 12.1. The molecule has 0 spiro atoms. The summed E-state index contributed by atoms with van der Waals surface area (Å²) >= 11 is 19.7. The number of halogens is 3. The highest BCUT2D eigenvalue weighted by molar-refractivity contribution is 7.99. The number of rotatable bonds is 10. The Bertz CT molecular complexity index is 893. The first kappa shape index (κ1) is 25.9. The van der Waals surface area contributed by atoms with Crippen LogP contribution in [0.4, 0.5) is 0 Å². The predicted molar refractivity (Wildman–Crippen MR) is 132 cm³/mol. The van der Waals surface area contributed by atoms with Crippen molar-refractivity contribution in [1.29, 1.82) is 0 Å². The van der Waals surface area contributed by atoms with Gasteiger partial charge in [-0.2, -0.15) is 0 Å². The zero-order chi connectivity index (χ0) is 23.0. The Balaban J connectivity index is 2.11. The highest BCUT2D eigenvalue weighted by atomic mass is 35.5. The maximum absolute atomic E-state index is 13.1. The molecule has 0 saturated heterocycles. The lowest BCUT2D eigenvalue weighted by atomic mass is 10.1. The molecule has 0 bridgehead atoms. The summed E-state index contributed by atoms with van der Waals surface area (Å²) < 4.78 is 0. The van der Waals surface area contributed by atoms with Gasteiger partial charge in [-0.25, -0.2) is 0 Å². The second-order valence-corrected chi connectivity index (χ2v) is 9.64. The molecule has 31 heavy (non-hydrogen) atoms. The van der Waals surface area contributed by atoms with E-state index in [1.165, 1.54) is 11.8 Å². The molecule has 0 fully saturated rings. The fourth-order valence-corrected chi connectivity index (χ4v) is 4.27. The molecule has 0 heterocycles. The average molecular weight is 502 g/mol. The van der Waals surface area contributed by atoms with Gasteiger partial charge in [0, 0.05) is 33.4 Å². The Morgan fingerprint density at radius 1 is 1.03 bits per heavy atom. The first-order valence-corrected chi connectivity index (χ1v) is 12.4. The normalized spacial score (nSPS) is 12.8. The zero-order valence-corrected chi connectivity index (χ0v) is 20.9. The minimum absolute atomic E-state index is 0.0327. The molecular formula is C23H27Cl3N2O2S. The first-order valence-electron chi connectivity index (χ1n) is 10.1. The van der Waals surface area contributed by atoms with Crippen LogP contribution < -0.4 is 5.32 Å². The number of amides is 2. The van der Waals surface area contributed by atoms with Gasteiger partial charge in [-0.3, -0.25) is 9.59 Å². The molecule has 2 amide bonds. The molecule has 1 N–H and O–H groups in total. The Morgan fingerprint density at radius 3 is 2.29 bits per heavy atom. The second-order valence-electron chi connectivity index (χ2n) is 7.37. The van der Waals surface area contributed by atoms with Crippen molar-refractivity contribution in [3.8, 4) is 0 Å². The van der Waals surface area contributed by atoms with E-state index < -0.39 is 6.04 Å². The molecule has 0 aromatic heterocycles. The predicted octanol–water partition coefficient (Wildman–Crippen LogP) is 6.21. The van der Waals surface area contributed by atoms with Crippen LogP contribution in [-0.2, 0) is 21.9 Å². The van der Waals surface area contributed by atoms with E-state index in [1.807, 2.05) is 38.1 Å². The molecule has 8 heteroatoms. The van der Waals surface area contributed by atoms with Crippen LogP contribution in [0, 0.1) is 0 Å². The molecule has 0 radical (unpaired) electrons. The lowest BCUT2D eigenvalue weighted by Crippen LogP contribution is -2.50. The number of hydrogen-bond acceptors (Lipinski definition) is 3. The van der Waals surface area contributed by atoms with E-state index >= 15 is 0 Å². The average Bonchev–Trinajstić information content (AvgIpc) is 2.73. The highest BCUT2D eigenvalue weighted by Crippen LogP contribution is 2.24. The molecular weight excluding hydrogens is 475 g/mol. The molecule has 2 unspecified atom stereocenters. The maximum atomic E-state index is 13.1. The third-order valence-corrected chi connectivity index (χ3v) is 6.76. The van der Waals surface area contributed by atoms with E-state index in [0.717, 1.165) is 17.5 Å². The number of nitrogens with one attached hydrogen (secondary N) is 1. The van der Waals surface area contributed by atoms with Crippen molar-refractivity contribution in [1.82, 2.24) is 10.2 Å². The van der Waals surface area contributed by atoms with E-state index in [0.29, 0.717) is 20.8 Å². The monoisotopic (exact) mass is 500 g/mol. The van der Waals surface area contributed by atoms with Crippen LogP contribution in [0.3, 0.4) is 0 Å². The van der Waals surface area contributed by atoms with Crippen LogP contribution in [0.2, 0.25) is 15.1 Å². The topological polar surface area (TPSA) is 49.4 Å². The third-order valence-electron chi connectivity index (χ3n) is 4.93. The van der Waals surface area contributed by atoms with Gasteiger partial charge in [-0.15, -0.1) is 11.8 Å².